The highest BCUT2D eigenvalue weighted by Crippen LogP contribution is 2.36. The average Bonchev–Trinajstić information content (AvgIpc) is 2.61. The molecule has 1 heterocycles. The lowest BCUT2D eigenvalue weighted by Crippen LogP contribution is -2.47. The Morgan fingerprint density at radius 2 is 1.83 bits per heavy atom. The molecule has 24 heavy (non-hydrogen) atoms. The molecule has 0 fully saturated rings. The molecular weight excluding hydrogens is 330 g/mol. The summed E-state index contributed by atoms with van der Waals surface area (Å²) in [5, 5.41) is 0. The van der Waals surface area contributed by atoms with Gasteiger partial charge in [-0.05, 0) is 31.2 Å². The minimum absolute atomic E-state index is 0.132. The van der Waals surface area contributed by atoms with Gasteiger partial charge >= 0.3 is 5.97 Å². The quantitative estimate of drug-likeness (QED) is 0.793. The van der Waals surface area contributed by atoms with Gasteiger partial charge in [-0.2, -0.15) is 0 Å². The molecule has 0 radical (unpaired) electrons. The lowest BCUT2D eigenvalue weighted by Gasteiger charge is -2.34. The van der Waals surface area contributed by atoms with Gasteiger partial charge in [0.2, 0.25) is 6.10 Å². The van der Waals surface area contributed by atoms with Crippen molar-refractivity contribution in [3.05, 3.63) is 54.6 Å². The zero-order valence-corrected chi connectivity index (χ0v) is 13.9. The van der Waals surface area contributed by atoms with E-state index >= 15 is 0 Å². The molecule has 0 saturated heterocycles. The summed E-state index contributed by atoms with van der Waals surface area (Å²) in [6.45, 7) is 1.76. The summed E-state index contributed by atoms with van der Waals surface area (Å²) in [4.78, 5) is 12.2. The monoisotopic (exact) mass is 347 g/mol. The number of carbonyl (C=O) groups is 1. The van der Waals surface area contributed by atoms with Crippen molar-refractivity contribution < 1.29 is 22.7 Å². The second-order valence-corrected chi connectivity index (χ2v) is 7.04. The van der Waals surface area contributed by atoms with Crippen molar-refractivity contribution in [2.45, 2.75) is 17.9 Å². The zero-order valence-electron chi connectivity index (χ0n) is 13.1. The van der Waals surface area contributed by atoms with E-state index in [9.17, 15) is 13.2 Å². The van der Waals surface area contributed by atoms with Gasteiger partial charge in [0.1, 0.15) is 5.75 Å². The highest BCUT2D eigenvalue weighted by Gasteiger charge is 2.37. The predicted octanol–water partition coefficient (Wildman–Crippen LogP) is 2.21. The Kier molecular flexibility index (Phi) is 4.44. The Bertz CT molecular complexity index is 835. The number of hydrogen-bond donors (Lipinski definition) is 0. The number of fused-ring (bicyclic) bond motifs is 1. The zero-order chi connectivity index (χ0) is 17.2. The number of sulfonamides is 1. The molecule has 1 unspecified atom stereocenters. The van der Waals surface area contributed by atoms with E-state index in [0.29, 0.717) is 11.4 Å². The van der Waals surface area contributed by atoms with Crippen LogP contribution in [0.25, 0.3) is 0 Å². The van der Waals surface area contributed by atoms with Crippen molar-refractivity contribution in [3.63, 3.8) is 0 Å². The van der Waals surface area contributed by atoms with Crippen LogP contribution in [0.3, 0.4) is 0 Å². The normalized spacial score (nSPS) is 16.9. The third-order valence-electron chi connectivity index (χ3n) is 3.62. The standard InChI is InChI=1S/C17H17NO5S/c1-2-22-17(19)16-12-18(14-10-6-7-11-15(14)23-16)24(20,21)13-8-4-3-5-9-13/h3-11,16H,2,12H2,1H3. The smallest absolute Gasteiger partial charge is 0.349 e. The average molecular weight is 347 g/mol. The highest BCUT2D eigenvalue weighted by atomic mass is 32.2. The molecule has 126 valence electrons. The first kappa shape index (κ1) is 16.3. The third kappa shape index (κ3) is 2.94. The van der Waals surface area contributed by atoms with Gasteiger partial charge in [-0.25, -0.2) is 13.2 Å². The molecule has 0 bridgehead atoms. The highest BCUT2D eigenvalue weighted by molar-refractivity contribution is 7.92. The van der Waals surface area contributed by atoms with Crippen LogP contribution < -0.4 is 9.04 Å². The second-order valence-electron chi connectivity index (χ2n) is 5.18. The molecule has 0 saturated carbocycles. The fourth-order valence-corrected chi connectivity index (χ4v) is 4.00. The van der Waals surface area contributed by atoms with E-state index in [4.69, 9.17) is 9.47 Å². The van der Waals surface area contributed by atoms with Crippen LogP contribution in [0, 0.1) is 0 Å². The minimum Gasteiger partial charge on any atom is -0.475 e. The Labute approximate surface area is 140 Å². The minimum atomic E-state index is -3.81. The van der Waals surface area contributed by atoms with Crippen molar-refractivity contribution in [1.82, 2.24) is 0 Å². The summed E-state index contributed by atoms with van der Waals surface area (Å²) < 4.78 is 37.8. The molecule has 0 spiro atoms. The van der Waals surface area contributed by atoms with E-state index < -0.39 is 22.1 Å². The van der Waals surface area contributed by atoms with E-state index in [1.165, 1.54) is 16.4 Å². The van der Waals surface area contributed by atoms with Crippen LogP contribution in [0.2, 0.25) is 0 Å². The number of esters is 1. The Morgan fingerprint density at radius 3 is 2.54 bits per heavy atom. The van der Waals surface area contributed by atoms with Crippen LogP contribution in [-0.2, 0) is 19.6 Å². The maximum atomic E-state index is 13.0. The molecule has 7 heteroatoms. The number of rotatable bonds is 4. The van der Waals surface area contributed by atoms with Gasteiger partial charge in [0.25, 0.3) is 10.0 Å². The van der Waals surface area contributed by atoms with Crippen molar-refractivity contribution in [1.29, 1.82) is 0 Å². The number of anilines is 1. The fourth-order valence-electron chi connectivity index (χ4n) is 2.51. The van der Waals surface area contributed by atoms with Gasteiger partial charge in [0, 0.05) is 0 Å². The van der Waals surface area contributed by atoms with Gasteiger partial charge < -0.3 is 9.47 Å². The van der Waals surface area contributed by atoms with Gasteiger partial charge in [0.15, 0.2) is 0 Å². The summed E-state index contributed by atoms with van der Waals surface area (Å²) in [5.41, 5.74) is 0.405. The molecule has 0 N–H and O–H groups in total. The second kappa shape index (κ2) is 6.52. The van der Waals surface area contributed by atoms with E-state index in [0.717, 1.165) is 0 Å². The number of ether oxygens (including phenoxy) is 2. The van der Waals surface area contributed by atoms with E-state index in [1.54, 1.807) is 49.4 Å². The number of carbonyl (C=O) groups excluding carboxylic acids is 1. The SMILES string of the molecule is CCOC(=O)C1CN(S(=O)(=O)c2ccccc2)c2ccccc2O1. The van der Waals surface area contributed by atoms with Crippen LogP contribution in [0.4, 0.5) is 5.69 Å². The van der Waals surface area contributed by atoms with Crippen molar-refractivity contribution in [3.8, 4) is 5.75 Å². The Balaban J connectivity index is 2.04. The van der Waals surface area contributed by atoms with Gasteiger partial charge in [-0.1, -0.05) is 30.3 Å². The molecule has 0 aromatic heterocycles. The first-order chi connectivity index (χ1) is 11.5. The summed E-state index contributed by atoms with van der Waals surface area (Å²) in [5.74, 6) is -0.249. The molecule has 2 aromatic carbocycles. The van der Waals surface area contributed by atoms with Crippen LogP contribution in [0.1, 0.15) is 6.92 Å². The molecule has 3 rings (SSSR count). The maximum Gasteiger partial charge on any atom is 0.349 e. The van der Waals surface area contributed by atoms with Crippen molar-refractivity contribution in [2.75, 3.05) is 17.5 Å². The Morgan fingerprint density at radius 1 is 1.17 bits per heavy atom. The maximum absolute atomic E-state index is 13.0. The number of hydrogen-bond acceptors (Lipinski definition) is 5. The molecule has 0 amide bonds. The fraction of sp³-hybridized carbons (Fsp3) is 0.235. The molecule has 2 aromatic rings. The summed E-state index contributed by atoms with van der Waals surface area (Å²) in [6.07, 6.45) is -1.00. The van der Waals surface area contributed by atoms with E-state index in [1.807, 2.05) is 0 Å². The molecular formula is C17H17NO5S. The first-order valence-electron chi connectivity index (χ1n) is 7.54. The molecule has 1 aliphatic heterocycles. The lowest BCUT2D eigenvalue weighted by molar-refractivity contribution is -0.151. The topological polar surface area (TPSA) is 72.9 Å². The van der Waals surface area contributed by atoms with Crippen molar-refractivity contribution in [2.24, 2.45) is 0 Å². The van der Waals surface area contributed by atoms with Crippen molar-refractivity contribution >= 4 is 21.7 Å². The number of para-hydroxylation sites is 2. The first-order valence-corrected chi connectivity index (χ1v) is 8.98. The number of nitrogens with zero attached hydrogens (tertiary/aromatic N) is 1. The van der Waals surface area contributed by atoms with Crippen LogP contribution >= 0.6 is 0 Å². The van der Waals surface area contributed by atoms with Gasteiger partial charge in [0.05, 0.1) is 23.7 Å². The van der Waals surface area contributed by atoms with Gasteiger partial charge in [-0.3, -0.25) is 4.31 Å². The van der Waals surface area contributed by atoms with Gasteiger partial charge in [-0.15, -0.1) is 0 Å². The summed E-state index contributed by atoms with van der Waals surface area (Å²) in [6, 6.07) is 14.8. The molecule has 1 atom stereocenters. The van der Waals surface area contributed by atoms with Crippen LogP contribution in [0.5, 0.6) is 5.75 Å². The van der Waals surface area contributed by atoms with Crippen LogP contribution in [-0.4, -0.2) is 33.6 Å². The summed E-state index contributed by atoms with van der Waals surface area (Å²) >= 11 is 0. The molecule has 0 aliphatic carbocycles. The lowest BCUT2D eigenvalue weighted by atomic mass is 10.2. The van der Waals surface area contributed by atoms with Crippen LogP contribution in [0.15, 0.2) is 59.5 Å². The molecule has 1 aliphatic rings. The summed E-state index contributed by atoms with van der Waals surface area (Å²) in [7, 11) is -3.81. The largest absolute Gasteiger partial charge is 0.475 e. The molecule has 6 nitrogen and oxygen atoms in total. The number of benzene rings is 2. The van der Waals surface area contributed by atoms with E-state index in [-0.39, 0.29) is 18.0 Å². The Hall–Kier alpha value is -2.54. The third-order valence-corrected chi connectivity index (χ3v) is 5.41. The van der Waals surface area contributed by atoms with E-state index in [2.05, 4.69) is 0 Å². The predicted molar refractivity (Wildman–Crippen MR) is 88.5 cm³/mol.